The number of aryl methyl sites for hydroxylation is 2. The van der Waals surface area contributed by atoms with Crippen molar-refractivity contribution in [1.82, 2.24) is 0 Å². The highest BCUT2D eigenvalue weighted by Crippen LogP contribution is 2.34. The molecule has 0 aliphatic carbocycles. The van der Waals surface area contributed by atoms with Gasteiger partial charge in [0.05, 0.1) is 14.2 Å². The first-order chi connectivity index (χ1) is 13.0. The van der Waals surface area contributed by atoms with E-state index in [0.717, 1.165) is 22.4 Å². The molecule has 0 N–H and O–H groups in total. The molecule has 1 heterocycles. The molecule has 0 atom stereocenters. The molecule has 2 aromatic carbocycles. The third-order valence-corrected chi connectivity index (χ3v) is 4.31. The van der Waals surface area contributed by atoms with E-state index in [-0.39, 0.29) is 5.43 Å². The van der Waals surface area contributed by atoms with Gasteiger partial charge in [-0.1, -0.05) is 12.7 Å². The number of ether oxygens (including phenoxy) is 3. The van der Waals surface area contributed by atoms with E-state index in [1.807, 2.05) is 26.0 Å². The Hall–Kier alpha value is -3.21. The molecule has 0 aliphatic rings. The summed E-state index contributed by atoms with van der Waals surface area (Å²) in [4.78, 5) is 12.7. The average molecular weight is 366 g/mol. The van der Waals surface area contributed by atoms with Crippen molar-refractivity contribution in [3.63, 3.8) is 0 Å². The lowest BCUT2D eigenvalue weighted by Crippen LogP contribution is -2.04. The molecule has 0 aliphatic heterocycles. The minimum absolute atomic E-state index is 0.173. The molecule has 0 saturated heterocycles. The van der Waals surface area contributed by atoms with Crippen molar-refractivity contribution >= 4 is 11.0 Å². The molecule has 3 aromatic rings. The predicted octanol–water partition coefficient (Wildman–Crippen LogP) is 4.66. The van der Waals surface area contributed by atoms with E-state index in [9.17, 15) is 4.79 Å². The quantitative estimate of drug-likeness (QED) is 0.594. The molecule has 0 spiro atoms. The second kappa shape index (κ2) is 7.58. The summed E-state index contributed by atoms with van der Waals surface area (Å²) in [7, 11) is 3.06. The minimum atomic E-state index is -0.173. The fourth-order valence-corrected chi connectivity index (χ4v) is 3.11. The van der Waals surface area contributed by atoms with Crippen molar-refractivity contribution in [1.29, 1.82) is 0 Å². The average Bonchev–Trinajstić information content (AvgIpc) is 2.66. The normalized spacial score (nSPS) is 10.7. The van der Waals surface area contributed by atoms with E-state index in [1.165, 1.54) is 13.2 Å². The summed E-state index contributed by atoms with van der Waals surface area (Å²) in [5.41, 5.74) is 2.96. The van der Waals surface area contributed by atoms with Crippen LogP contribution in [0.2, 0.25) is 0 Å². The van der Waals surface area contributed by atoms with Gasteiger partial charge in [0.2, 0.25) is 0 Å². The molecule has 0 fully saturated rings. The summed E-state index contributed by atoms with van der Waals surface area (Å²) in [5.74, 6) is 2.26. The summed E-state index contributed by atoms with van der Waals surface area (Å²) in [5, 5.41) is 0.390. The maximum atomic E-state index is 12.7. The van der Waals surface area contributed by atoms with Gasteiger partial charge in [-0.25, -0.2) is 0 Å². The van der Waals surface area contributed by atoms with Crippen LogP contribution in [-0.4, -0.2) is 20.8 Å². The van der Waals surface area contributed by atoms with Crippen molar-refractivity contribution in [2.45, 2.75) is 13.8 Å². The molecule has 3 rings (SSSR count). The van der Waals surface area contributed by atoms with Crippen molar-refractivity contribution in [2.24, 2.45) is 0 Å². The lowest BCUT2D eigenvalue weighted by molar-refractivity contribution is 0.358. The Kier molecular flexibility index (Phi) is 5.21. The highest BCUT2D eigenvalue weighted by molar-refractivity contribution is 5.86. The summed E-state index contributed by atoms with van der Waals surface area (Å²) in [6.45, 7) is 8.02. The zero-order valence-electron chi connectivity index (χ0n) is 15.9. The van der Waals surface area contributed by atoms with Gasteiger partial charge in [-0.15, -0.1) is 0 Å². The number of fused-ring (bicyclic) bond motifs is 1. The Bertz CT molecular complexity index is 1040. The summed E-state index contributed by atoms with van der Waals surface area (Å²) >= 11 is 0. The Morgan fingerprint density at radius 3 is 2.33 bits per heavy atom. The highest BCUT2D eigenvalue weighted by atomic mass is 16.5. The van der Waals surface area contributed by atoms with Gasteiger partial charge in [0.15, 0.2) is 5.43 Å². The van der Waals surface area contributed by atoms with Crippen molar-refractivity contribution < 1.29 is 18.6 Å². The van der Waals surface area contributed by atoms with Crippen LogP contribution < -0.4 is 19.6 Å². The lowest BCUT2D eigenvalue weighted by atomic mass is 10.0. The van der Waals surface area contributed by atoms with Crippen LogP contribution >= 0.6 is 0 Å². The Morgan fingerprint density at radius 2 is 1.74 bits per heavy atom. The van der Waals surface area contributed by atoms with Gasteiger partial charge < -0.3 is 18.6 Å². The summed E-state index contributed by atoms with van der Waals surface area (Å²) < 4.78 is 22.3. The number of methoxy groups -OCH3 is 2. The van der Waals surface area contributed by atoms with Crippen molar-refractivity contribution in [2.75, 3.05) is 20.8 Å². The molecule has 5 nitrogen and oxygen atoms in total. The first kappa shape index (κ1) is 18.6. The number of benzene rings is 2. The molecular formula is C22H22O5. The van der Waals surface area contributed by atoms with Crippen molar-refractivity contribution in [3.8, 4) is 28.6 Å². The first-order valence-corrected chi connectivity index (χ1v) is 8.53. The number of hydrogen-bond donors (Lipinski definition) is 0. The Morgan fingerprint density at radius 1 is 1.04 bits per heavy atom. The number of rotatable bonds is 6. The van der Waals surface area contributed by atoms with Crippen LogP contribution in [0.15, 0.2) is 52.2 Å². The molecule has 0 amide bonds. The monoisotopic (exact) mass is 366 g/mol. The van der Waals surface area contributed by atoms with Gasteiger partial charge in [-0.3, -0.25) is 4.79 Å². The van der Waals surface area contributed by atoms with Crippen LogP contribution in [0.3, 0.4) is 0 Å². The van der Waals surface area contributed by atoms with Crippen LogP contribution in [0.5, 0.6) is 17.2 Å². The van der Waals surface area contributed by atoms with Crippen LogP contribution in [0.4, 0.5) is 0 Å². The molecular weight excluding hydrogens is 344 g/mol. The van der Waals surface area contributed by atoms with E-state index in [2.05, 4.69) is 6.58 Å². The summed E-state index contributed by atoms with van der Waals surface area (Å²) in [6.07, 6.45) is 1.70. The fraction of sp³-hybridized carbons (Fsp3) is 0.227. The zero-order chi connectivity index (χ0) is 19.6. The van der Waals surface area contributed by atoms with Gasteiger partial charge in [0.1, 0.15) is 40.6 Å². The molecule has 0 saturated carbocycles. The smallest absolute Gasteiger partial charge is 0.197 e. The summed E-state index contributed by atoms with van der Waals surface area (Å²) in [6, 6.07) is 8.71. The second-order valence-electron chi connectivity index (χ2n) is 6.22. The molecule has 1 aromatic heterocycles. The molecule has 0 unspecified atom stereocenters. The molecule has 0 radical (unpaired) electrons. The van der Waals surface area contributed by atoms with E-state index >= 15 is 0 Å². The van der Waals surface area contributed by atoms with E-state index < -0.39 is 0 Å². The highest BCUT2D eigenvalue weighted by Gasteiger charge is 2.15. The topological polar surface area (TPSA) is 57.9 Å². The fourth-order valence-electron chi connectivity index (χ4n) is 3.11. The van der Waals surface area contributed by atoms with Gasteiger partial charge in [0.25, 0.3) is 0 Å². The van der Waals surface area contributed by atoms with Crippen LogP contribution in [0, 0.1) is 13.8 Å². The lowest BCUT2D eigenvalue weighted by Gasteiger charge is -2.13. The largest absolute Gasteiger partial charge is 0.496 e. The standard InChI is InChI=1S/C22H22O5/c1-6-7-26-22-13(2)8-15(9-14(22)3)18-12-17(23)21-19(25-5)10-16(24-4)11-20(21)27-18/h6,8-12H,1,7H2,2-5H3. The molecule has 27 heavy (non-hydrogen) atoms. The third kappa shape index (κ3) is 3.53. The van der Waals surface area contributed by atoms with E-state index in [1.54, 1.807) is 25.3 Å². The zero-order valence-corrected chi connectivity index (χ0v) is 15.9. The molecule has 140 valence electrons. The third-order valence-electron chi connectivity index (χ3n) is 4.31. The van der Waals surface area contributed by atoms with Crippen LogP contribution in [0.1, 0.15) is 11.1 Å². The van der Waals surface area contributed by atoms with Gasteiger partial charge >= 0.3 is 0 Å². The molecule has 0 bridgehead atoms. The second-order valence-corrected chi connectivity index (χ2v) is 6.22. The predicted molar refractivity (Wildman–Crippen MR) is 106 cm³/mol. The van der Waals surface area contributed by atoms with Gasteiger partial charge in [-0.05, 0) is 37.1 Å². The van der Waals surface area contributed by atoms with Crippen molar-refractivity contribution in [3.05, 3.63) is 64.3 Å². The Balaban J connectivity index is 2.18. The van der Waals surface area contributed by atoms with Gasteiger partial charge in [0, 0.05) is 23.8 Å². The minimum Gasteiger partial charge on any atom is -0.496 e. The van der Waals surface area contributed by atoms with Crippen LogP contribution in [0.25, 0.3) is 22.3 Å². The maximum absolute atomic E-state index is 12.7. The van der Waals surface area contributed by atoms with E-state index in [0.29, 0.717) is 34.8 Å². The maximum Gasteiger partial charge on any atom is 0.197 e. The van der Waals surface area contributed by atoms with E-state index in [4.69, 9.17) is 18.6 Å². The first-order valence-electron chi connectivity index (χ1n) is 8.53. The SMILES string of the molecule is C=CCOc1c(C)cc(-c2cc(=O)c3c(OC)cc(OC)cc3o2)cc1C. The van der Waals surface area contributed by atoms with Gasteiger partial charge in [-0.2, -0.15) is 0 Å². The Labute approximate surface area is 157 Å². The molecule has 5 heteroatoms. The number of hydrogen-bond acceptors (Lipinski definition) is 5. The van der Waals surface area contributed by atoms with Crippen LogP contribution in [-0.2, 0) is 0 Å².